The van der Waals surface area contributed by atoms with E-state index >= 15 is 0 Å². The zero-order chi connectivity index (χ0) is 14.0. The van der Waals surface area contributed by atoms with Crippen LogP contribution in [-0.2, 0) is 11.2 Å². The Morgan fingerprint density at radius 3 is 2.05 bits per heavy atom. The summed E-state index contributed by atoms with van der Waals surface area (Å²) < 4.78 is 0. The monoisotopic (exact) mass is 258 g/mol. The molecule has 0 aromatic carbocycles. The summed E-state index contributed by atoms with van der Waals surface area (Å²) >= 11 is 0. The van der Waals surface area contributed by atoms with E-state index in [1.165, 1.54) is 0 Å². The fraction of sp³-hybridized carbons (Fsp3) is 0.308. The summed E-state index contributed by atoms with van der Waals surface area (Å²) in [6.07, 6.45) is 3.32. The number of aryl methyl sites for hydroxylation is 3. The third-order valence-corrected chi connectivity index (χ3v) is 2.73. The highest BCUT2D eigenvalue weighted by Gasteiger charge is 2.13. The van der Waals surface area contributed by atoms with Crippen LogP contribution >= 0.6 is 0 Å². The molecule has 0 aliphatic carbocycles. The van der Waals surface area contributed by atoms with Crippen LogP contribution in [0.2, 0.25) is 0 Å². The maximum absolute atomic E-state index is 10.8. The van der Waals surface area contributed by atoms with Crippen molar-refractivity contribution in [3.63, 3.8) is 0 Å². The van der Waals surface area contributed by atoms with Gasteiger partial charge in [-0.25, -0.2) is 19.9 Å². The molecule has 0 aliphatic rings. The van der Waals surface area contributed by atoms with E-state index in [0.717, 1.165) is 5.56 Å². The number of aliphatic carboxylic acids is 1. The lowest BCUT2D eigenvalue weighted by molar-refractivity contribution is -0.136. The van der Waals surface area contributed by atoms with Crippen molar-refractivity contribution in [3.05, 3.63) is 34.9 Å². The minimum atomic E-state index is -0.894. The van der Waals surface area contributed by atoms with Crippen molar-refractivity contribution >= 4 is 5.97 Å². The number of rotatable bonds is 3. The Bertz CT molecular complexity index is 600. The summed E-state index contributed by atoms with van der Waals surface area (Å²) in [5.41, 5.74) is 2.89. The first-order valence-corrected chi connectivity index (χ1v) is 5.82. The largest absolute Gasteiger partial charge is 0.481 e. The van der Waals surface area contributed by atoms with Gasteiger partial charge in [-0.3, -0.25) is 4.79 Å². The van der Waals surface area contributed by atoms with Crippen LogP contribution in [0.1, 0.15) is 22.5 Å². The quantitative estimate of drug-likeness (QED) is 0.897. The zero-order valence-corrected chi connectivity index (χ0v) is 11.0. The van der Waals surface area contributed by atoms with Crippen LogP contribution in [0.3, 0.4) is 0 Å². The molecular formula is C13H14N4O2. The van der Waals surface area contributed by atoms with Gasteiger partial charge in [-0.05, 0) is 26.3 Å². The van der Waals surface area contributed by atoms with Gasteiger partial charge in [-0.15, -0.1) is 0 Å². The van der Waals surface area contributed by atoms with E-state index < -0.39 is 5.97 Å². The van der Waals surface area contributed by atoms with E-state index in [4.69, 9.17) is 5.11 Å². The molecule has 2 aromatic heterocycles. The fourth-order valence-corrected chi connectivity index (χ4v) is 1.75. The Kier molecular flexibility index (Phi) is 3.50. The van der Waals surface area contributed by atoms with E-state index in [9.17, 15) is 4.79 Å². The molecule has 98 valence electrons. The SMILES string of the molecule is Cc1cnc(-c2nc(C)c(CC(=O)O)c(C)n2)nc1. The first-order chi connectivity index (χ1) is 8.97. The first-order valence-electron chi connectivity index (χ1n) is 5.82. The van der Waals surface area contributed by atoms with Gasteiger partial charge in [0.25, 0.3) is 0 Å². The van der Waals surface area contributed by atoms with E-state index in [1.54, 1.807) is 26.2 Å². The van der Waals surface area contributed by atoms with Gasteiger partial charge in [0.2, 0.25) is 0 Å². The molecule has 0 bridgehead atoms. The molecular weight excluding hydrogens is 244 g/mol. The van der Waals surface area contributed by atoms with Crippen molar-refractivity contribution in [1.82, 2.24) is 19.9 Å². The maximum atomic E-state index is 10.8. The molecule has 0 radical (unpaired) electrons. The van der Waals surface area contributed by atoms with Crippen molar-refractivity contribution in [3.8, 4) is 11.6 Å². The highest BCUT2D eigenvalue weighted by Crippen LogP contribution is 2.16. The minimum absolute atomic E-state index is 0.0767. The van der Waals surface area contributed by atoms with Gasteiger partial charge in [-0.2, -0.15) is 0 Å². The molecule has 19 heavy (non-hydrogen) atoms. The van der Waals surface area contributed by atoms with Gasteiger partial charge in [0.05, 0.1) is 6.42 Å². The van der Waals surface area contributed by atoms with E-state index in [1.807, 2.05) is 6.92 Å². The predicted molar refractivity (Wildman–Crippen MR) is 68.6 cm³/mol. The Morgan fingerprint density at radius 1 is 1.05 bits per heavy atom. The fourth-order valence-electron chi connectivity index (χ4n) is 1.75. The van der Waals surface area contributed by atoms with Crippen LogP contribution in [0, 0.1) is 20.8 Å². The molecule has 6 heteroatoms. The highest BCUT2D eigenvalue weighted by molar-refractivity contribution is 5.71. The second-order valence-electron chi connectivity index (χ2n) is 4.35. The third kappa shape index (κ3) is 2.90. The molecule has 0 amide bonds. The molecule has 0 spiro atoms. The van der Waals surface area contributed by atoms with Crippen LogP contribution in [0.15, 0.2) is 12.4 Å². The first kappa shape index (κ1) is 13.1. The number of aromatic nitrogens is 4. The summed E-state index contributed by atoms with van der Waals surface area (Å²) in [6.45, 7) is 5.44. The lowest BCUT2D eigenvalue weighted by atomic mass is 10.1. The summed E-state index contributed by atoms with van der Waals surface area (Å²) in [4.78, 5) is 27.7. The minimum Gasteiger partial charge on any atom is -0.481 e. The van der Waals surface area contributed by atoms with Crippen LogP contribution in [0.5, 0.6) is 0 Å². The van der Waals surface area contributed by atoms with Crippen molar-refractivity contribution in [2.45, 2.75) is 27.2 Å². The van der Waals surface area contributed by atoms with Gasteiger partial charge >= 0.3 is 5.97 Å². The number of carboxylic acids is 1. The number of carbonyl (C=O) groups is 1. The van der Waals surface area contributed by atoms with Gasteiger partial charge < -0.3 is 5.11 Å². The van der Waals surface area contributed by atoms with Gasteiger partial charge in [0.15, 0.2) is 11.6 Å². The number of carboxylic acid groups (broad SMARTS) is 1. The summed E-state index contributed by atoms with van der Waals surface area (Å²) in [6, 6.07) is 0. The van der Waals surface area contributed by atoms with Crippen LogP contribution in [-0.4, -0.2) is 31.0 Å². The Labute approximate surface area is 110 Å². The van der Waals surface area contributed by atoms with Crippen molar-refractivity contribution in [2.24, 2.45) is 0 Å². The van der Waals surface area contributed by atoms with Crippen molar-refractivity contribution in [2.75, 3.05) is 0 Å². The normalized spacial score (nSPS) is 10.5. The van der Waals surface area contributed by atoms with Crippen molar-refractivity contribution < 1.29 is 9.90 Å². The van der Waals surface area contributed by atoms with Crippen molar-refractivity contribution in [1.29, 1.82) is 0 Å². The average Bonchev–Trinajstić information content (AvgIpc) is 2.34. The standard InChI is InChI=1S/C13H14N4O2/c1-7-5-14-12(15-6-7)13-16-8(2)10(4-11(18)19)9(3)17-13/h5-6H,4H2,1-3H3,(H,18,19). The van der Waals surface area contributed by atoms with Gasteiger partial charge in [0.1, 0.15) is 0 Å². The molecule has 6 nitrogen and oxygen atoms in total. The lowest BCUT2D eigenvalue weighted by Crippen LogP contribution is -2.09. The predicted octanol–water partition coefficient (Wildman–Crippen LogP) is 1.49. The maximum Gasteiger partial charge on any atom is 0.307 e. The average molecular weight is 258 g/mol. The molecule has 0 aliphatic heterocycles. The van der Waals surface area contributed by atoms with Gasteiger partial charge in [-0.1, -0.05) is 0 Å². The molecule has 2 aromatic rings. The van der Waals surface area contributed by atoms with Gasteiger partial charge in [0, 0.05) is 29.3 Å². The van der Waals surface area contributed by atoms with Crippen LogP contribution < -0.4 is 0 Å². The molecule has 0 saturated heterocycles. The number of hydrogen-bond acceptors (Lipinski definition) is 5. The van der Waals surface area contributed by atoms with E-state index in [0.29, 0.717) is 28.6 Å². The second-order valence-corrected chi connectivity index (χ2v) is 4.35. The smallest absolute Gasteiger partial charge is 0.307 e. The summed E-state index contributed by atoms with van der Waals surface area (Å²) in [5.74, 6) is -0.0306. The highest BCUT2D eigenvalue weighted by atomic mass is 16.4. The lowest BCUT2D eigenvalue weighted by Gasteiger charge is -2.08. The van der Waals surface area contributed by atoms with E-state index in [2.05, 4.69) is 19.9 Å². The molecule has 2 rings (SSSR count). The molecule has 2 heterocycles. The molecule has 0 atom stereocenters. The summed E-state index contributed by atoms with van der Waals surface area (Å²) in [7, 11) is 0. The van der Waals surface area contributed by atoms with Crippen LogP contribution in [0.25, 0.3) is 11.6 Å². The molecule has 0 saturated carbocycles. The summed E-state index contributed by atoms with van der Waals surface area (Å²) in [5, 5.41) is 8.85. The Hall–Kier alpha value is -2.37. The Balaban J connectivity index is 2.44. The molecule has 0 unspecified atom stereocenters. The second kappa shape index (κ2) is 5.09. The molecule has 0 fully saturated rings. The number of nitrogens with zero attached hydrogens (tertiary/aromatic N) is 4. The third-order valence-electron chi connectivity index (χ3n) is 2.73. The Morgan fingerprint density at radius 2 is 1.58 bits per heavy atom. The van der Waals surface area contributed by atoms with E-state index in [-0.39, 0.29) is 6.42 Å². The topological polar surface area (TPSA) is 88.9 Å². The molecule has 1 N–H and O–H groups in total. The van der Waals surface area contributed by atoms with Crippen LogP contribution in [0.4, 0.5) is 0 Å². The zero-order valence-electron chi connectivity index (χ0n) is 11.0. The number of hydrogen-bond donors (Lipinski definition) is 1.